The summed E-state index contributed by atoms with van der Waals surface area (Å²) in [6, 6.07) is 4.25. The molecule has 1 aromatic carbocycles. The zero-order valence-electron chi connectivity index (χ0n) is 14.3. The summed E-state index contributed by atoms with van der Waals surface area (Å²) in [5.41, 5.74) is 0.385. The number of carboxylic acids is 1. The van der Waals surface area contributed by atoms with Crippen molar-refractivity contribution in [3.8, 4) is 0 Å². The van der Waals surface area contributed by atoms with Gasteiger partial charge in [0.25, 0.3) is 5.91 Å². The molecule has 0 bridgehead atoms. The number of nitrogens with zero attached hydrogens (tertiary/aromatic N) is 1. The number of amides is 1. The fourth-order valence-electron chi connectivity index (χ4n) is 2.18. The van der Waals surface area contributed by atoms with Gasteiger partial charge >= 0.3 is 5.97 Å². The lowest BCUT2D eigenvalue weighted by Crippen LogP contribution is -2.44. The Kier molecular flexibility index (Phi) is 6.92. The molecule has 1 amide bonds. The van der Waals surface area contributed by atoms with Crippen molar-refractivity contribution in [1.29, 1.82) is 0 Å². The second-order valence-electron chi connectivity index (χ2n) is 5.68. The Balaban J connectivity index is 3.03. The van der Waals surface area contributed by atoms with Gasteiger partial charge in [-0.3, -0.25) is 9.59 Å². The molecule has 0 aliphatic carbocycles. The van der Waals surface area contributed by atoms with E-state index in [1.165, 1.54) is 24.3 Å². The molecule has 0 fully saturated rings. The second-order valence-corrected chi connectivity index (χ2v) is 7.40. The number of hydrogen-bond acceptors (Lipinski definition) is 4. The summed E-state index contributed by atoms with van der Waals surface area (Å²) < 4.78 is 26.8. The Morgan fingerprint density at radius 1 is 1.12 bits per heavy atom. The lowest BCUT2D eigenvalue weighted by molar-refractivity contribution is -0.140. The second kappa shape index (κ2) is 8.25. The Morgan fingerprint density at radius 2 is 1.62 bits per heavy atom. The summed E-state index contributed by atoms with van der Waals surface area (Å²) in [5, 5.41) is 9.11. The number of carboxylic acid groups (broad SMARTS) is 1. The van der Waals surface area contributed by atoms with Crippen LogP contribution in [0.1, 0.15) is 38.1 Å². The molecule has 0 unspecified atom stereocenters. The van der Waals surface area contributed by atoms with Crippen molar-refractivity contribution in [2.75, 3.05) is 13.1 Å². The zero-order valence-corrected chi connectivity index (χ0v) is 15.1. The minimum absolute atomic E-state index is 0.0782. The molecule has 24 heavy (non-hydrogen) atoms. The van der Waals surface area contributed by atoms with Crippen LogP contribution in [0, 0.1) is 5.92 Å². The number of rotatable bonds is 8. The first-order valence-electron chi connectivity index (χ1n) is 7.78. The first kappa shape index (κ1) is 20.1. The van der Waals surface area contributed by atoms with Crippen LogP contribution in [-0.2, 0) is 14.8 Å². The maximum Gasteiger partial charge on any atom is 0.322 e. The van der Waals surface area contributed by atoms with Crippen molar-refractivity contribution in [1.82, 2.24) is 9.62 Å². The number of carbonyl (C=O) groups is 2. The third-order valence-electron chi connectivity index (χ3n) is 3.68. The van der Waals surface area contributed by atoms with E-state index in [2.05, 4.69) is 4.72 Å². The van der Waals surface area contributed by atoms with Crippen molar-refractivity contribution in [2.24, 2.45) is 5.92 Å². The number of hydrogen-bond donors (Lipinski definition) is 2. The predicted octanol–water partition coefficient (Wildman–Crippen LogP) is 1.56. The van der Waals surface area contributed by atoms with E-state index in [0.717, 1.165) is 0 Å². The summed E-state index contributed by atoms with van der Waals surface area (Å²) in [6.45, 7) is 8.09. The van der Waals surface area contributed by atoms with Gasteiger partial charge in [0.05, 0.1) is 4.90 Å². The minimum atomic E-state index is -3.98. The number of aliphatic carboxylic acids is 1. The molecule has 0 aliphatic rings. The van der Waals surface area contributed by atoms with E-state index >= 15 is 0 Å². The van der Waals surface area contributed by atoms with Gasteiger partial charge in [0.15, 0.2) is 0 Å². The lowest BCUT2D eigenvalue weighted by Gasteiger charge is -2.19. The molecule has 134 valence electrons. The lowest BCUT2D eigenvalue weighted by atomic mass is 10.1. The zero-order chi connectivity index (χ0) is 18.5. The molecule has 0 spiro atoms. The Labute approximate surface area is 142 Å². The average Bonchev–Trinajstić information content (AvgIpc) is 2.53. The minimum Gasteiger partial charge on any atom is -0.480 e. The number of nitrogens with one attached hydrogen (secondary N) is 1. The standard InChI is InChI=1S/C16H24N2O5S/c1-5-18(6-2)15(19)12-7-9-13(10-8-12)24(22,23)17-14(11(3)4)16(20)21/h7-11,14,17H,5-6H2,1-4H3,(H,20,21)/t14-/m1/s1. The Hall–Kier alpha value is -1.93. The Bertz CT molecular complexity index is 679. The Morgan fingerprint density at radius 3 is 2.00 bits per heavy atom. The maximum absolute atomic E-state index is 12.3. The van der Waals surface area contributed by atoms with Crippen LogP contribution in [0.25, 0.3) is 0 Å². The van der Waals surface area contributed by atoms with Gasteiger partial charge in [0.2, 0.25) is 10.0 Å². The molecule has 1 rings (SSSR count). The van der Waals surface area contributed by atoms with Crippen LogP contribution in [0.4, 0.5) is 0 Å². The van der Waals surface area contributed by atoms with Crippen molar-refractivity contribution >= 4 is 21.9 Å². The highest BCUT2D eigenvalue weighted by molar-refractivity contribution is 7.89. The SMILES string of the molecule is CCN(CC)C(=O)c1ccc(S(=O)(=O)N[C@@H](C(=O)O)C(C)C)cc1. The molecule has 2 N–H and O–H groups in total. The monoisotopic (exact) mass is 356 g/mol. The highest BCUT2D eigenvalue weighted by Crippen LogP contribution is 2.14. The molecule has 0 heterocycles. The maximum atomic E-state index is 12.3. The summed E-state index contributed by atoms with van der Waals surface area (Å²) >= 11 is 0. The molecular formula is C16H24N2O5S. The fourth-order valence-corrected chi connectivity index (χ4v) is 3.51. The smallest absolute Gasteiger partial charge is 0.322 e. The van der Waals surface area contributed by atoms with Gasteiger partial charge in [-0.2, -0.15) is 4.72 Å². The highest BCUT2D eigenvalue weighted by atomic mass is 32.2. The van der Waals surface area contributed by atoms with Gasteiger partial charge in [-0.15, -0.1) is 0 Å². The summed E-state index contributed by atoms with van der Waals surface area (Å²) in [5.74, 6) is -1.81. The van der Waals surface area contributed by atoms with Crippen LogP contribution in [0.5, 0.6) is 0 Å². The van der Waals surface area contributed by atoms with E-state index in [0.29, 0.717) is 18.7 Å². The van der Waals surface area contributed by atoms with E-state index in [4.69, 9.17) is 5.11 Å². The first-order chi connectivity index (χ1) is 11.1. The van der Waals surface area contributed by atoms with Gasteiger partial charge < -0.3 is 10.0 Å². The molecule has 0 aromatic heterocycles. The quantitative estimate of drug-likeness (QED) is 0.735. The first-order valence-corrected chi connectivity index (χ1v) is 9.26. The summed E-state index contributed by atoms with van der Waals surface area (Å²) in [4.78, 5) is 24.9. The fraction of sp³-hybridized carbons (Fsp3) is 0.500. The van der Waals surface area contributed by atoms with Gasteiger partial charge in [0.1, 0.15) is 6.04 Å². The molecule has 8 heteroatoms. The van der Waals surface area contributed by atoms with E-state index < -0.39 is 28.0 Å². The van der Waals surface area contributed by atoms with Crippen LogP contribution >= 0.6 is 0 Å². The van der Waals surface area contributed by atoms with E-state index in [9.17, 15) is 18.0 Å². The topological polar surface area (TPSA) is 104 Å². The van der Waals surface area contributed by atoms with E-state index in [1.807, 2.05) is 13.8 Å². The molecule has 1 aromatic rings. The van der Waals surface area contributed by atoms with Crippen LogP contribution in [0.15, 0.2) is 29.2 Å². The van der Waals surface area contributed by atoms with Crippen LogP contribution in [0.3, 0.4) is 0 Å². The third-order valence-corrected chi connectivity index (χ3v) is 5.13. The molecule has 0 radical (unpaired) electrons. The summed E-state index contributed by atoms with van der Waals surface area (Å²) in [7, 11) is -3.98. The van der Waals surface area contributed by atoms with Crippen molar-refractivity contribution < 1.29 is 23.1 Å². The van der Waals surface area contributed by atoms with Crippen LogP contribution < -0.4 is 4.72 Å². The molecular weight excluding hydrogens is 332 g/mol. The number of benzene rings is 1. The molecule has 0 aliphatic heterocycles. The van der Waals surface area contributed by atoms with Crippen molar-refractivity contribution in [3.05, 3.63) is 29.8 Å². The van der Waals surface area contributed by atoms with Crippen molar-refractivity contribution in [2.45, 2.75) is 38.6 Å². The van der Waals surface area contributed by atoms with Gasteiger partial charge in [0, 0.05) is 18.7 Å². The largest absolute Gasteiger partial charge is 0.480 e. The van der Waals surface area contributed by atoms with Crippen LogP contribution in [0.2, 0.25) is 0 Å². The molecule has 1 atom stereocenters. The third kappa shape index (κ3) is 4.78. The number of carbonyl (C=O) groups excluding carboxylic acids is 1. The van der Waals surface area contributed by atoms with Gasteiger partial charge in [-0.1, -0.05) is 13.8 Å². The number of sulfonamides is 1. The predicted molar refractivity (Wildman–Crippen MR) is 90.3 cm³/mol. The van der Waals surface area contributed by atoms with Gasteiger partial charge in [-0.25, -0.2) is 8.42 Å². The molecule has 7 nitrogen and oxygen atoms in total. The molecule has 0 saturated heterocycles. The normalized spacial score (nSPS) is 12.9. The van der Waals surface area contributed by atoms with Crippen LogP contribution in [-0.4, -0.2) is 49.4 Å². The molecule has 0 saturated carbocycles. The van der Waals surface area contributed by atoms with Gasteiger partial charge in [-0.05, 0) is 44.0 Å². The average molecular weight is 356 g/mol. The highest BCUT2D eigenvalue weighted by Gasteiger charge is 2.28. The summed E-state index contributed by atoms with van der Waals surface area (Å²) in [6.07, 6.45) is 0. The van der Waals surface area contributed by atoms with Crippen molar-refractivity contribution in [3.63, 3.8) is 0 Å². The van der Waals surface area contributed by atoms with E-state index in [1.54, 1.807) is 18.7 Å². The van der Waals surface area contributed by atoms with E-state index in [-0.39, 0.29) is 10.8 Å².